The average molecular weight is 1060 g/mol. The van der Waals surface area contributed by atoms with E-state index in [0.717, 1.165) is 58.5 Å². The summed E-state index contributed by atoms with van der Waals surface area (Å²) in [5, 5.41) is 36.3. The van der Waals surface area contributed by atoms with Crippen LogP contribution in [0.4, 0.5) is 0 Å². The highest BCUT2D eigenvalue weighted by atomic mass is 35.5. The number of aryl methyl sites for hydroxylation is 3. The van der Waals surface area contributed by atoms with Crippen LogP contribution in [-0.2, 0) is 60.1 Å². The van der Waals surface area contributed by atoms with Gasteiger partial charge in [-0.05, 0) is 113 Å². The van der Waals surface area contributed by atoms with Crippen LogP contribution >= 0.6 is 46.1 Å². The molecule has 14 nitrogen and oxygen atoms in total. The first-order valence-corrected chi connectivity index (χ1v) is 27.1. The van der Waals surface area contributed by atoms with Crippen molar-refractivity contribution in [2.24, 2.45) is 0 Å². The van der Waals surface area contributed by atoms with E-state index in [2.05, 4.69) is 67.3 Å². The molecule has 68 heavy (non-hydrogen) atoms. The second kappa shape index (κ2) is 28.0. The maximum Gasteiger partial charge on any atom is 0.303 e. The van der Waals surface area contributed by atoms with Crippen LogP contribution in [0.2, 0.25) is 14.4 Å². The molecule has 4 aromatic rings. The summed E-state index contributed by atoms with van der Waals surface area (Å²) < 4.78 is 59.2. The molecule has 0 bridgehead atoms. The van der Waals surface area contributed by atoms with Crippen molar-refractivity contribution in [1.29, 1.82) is 0 Å². The first-order chi connectivity index (χ1) is 31.9. The number of likely N-dealkylation sites (N-methyl/N-ethyl adjacent to an activating group) is 2. The predicted molar refractivity (Wildman–Crippen MR) is 272 cm³/mol. The zero-order valence-corrected chi connectivity index (χ0v) is 44.3. The summed E-state index contributed by atoms with van der Waals surface area (Å²) in [6.07, 6.45) is 4.32. The molecule has 0 unspecified atom stereocenters. The lowest BCUT2D eigenvalue weighted by Crippen LogP contribution is -2.46. The number of thiophene rings is 1. The van der Waals surface area contributed by atoms with Gasteiger partial charge in [-0.25, -0.2) is 16.8 Å². The second-order valence-electron chi connectivity index (χ2n) is 18.0. The van der Waals surface area contributed by atoms with Gasteiger partial charge in [0.15, 0.2) is 0 Å². The Morgan fingerprint density at radius 1 is 0.721 bits per heavy atom. The van der Waals surface area contributed by atoms with Gasteiger partial charge in [0.25, 0.3) is 16.5 Å². The number of carboxylic acid groups (broad SMARTS) is 1. The SMILES string of the molecule is CN(C[C@H](O)CNC(C)(C)CCCc1ccccc1)S(=O)(=O)c1c(Cl)cc(CCC(=O)O)cc1Cl.CN(C[C@H](O)CNC(C)(C)CCCc1ccccc1)S(=O)(=O)c1cc(CCOC=O)c(Cl)s1. The minimum absolute atomic E-state index is 0.0471. The Morgan fingerprint density at radius 2 is 1.18 bits per heavy atom. The van der Waals surface area contributed by atoms with Crippen molar-refractivity contribution < 1.29 is 46.5 Å². The van der Waals surface area contributed by atoms with Crippen LogP contribution in [0.15, 0.2) is 88.0 Å². The van der Waals surface area contributed by atoms with E-state index in [0.29, 0.717) is 28.4 Å². The van der Waals surface area contributed by atoms with Crippen molar-refractivity contribution in [3.05, 3.63) is 115 Å². The molecule has 4 rings (SSSR count). The number of hydrogen-bond acceptors (Lipinski definition) is 12. The fourth-order valence-electron chi connectivity index (χ4n) is 7.10. The Morgan fingerprint density at radius 3 is 1.62 bits per heavy atom. The Hall–Kier alpha value is -3.17. The molecule has 0 aliphatic rings. The van der Waals surface area contributed by atoms with Crippen molar-refractivity contribution >= 4 is 78.6 Å². The summed E-state index contributed by atoms with van der Waals surface area (Å²) in [5.41, 5.74) is 3.30. The first-order valence-electron chi connectivity index (χ1n) is 22.3. The van der Waals surface area contributed by atoms with Crippen LogP contribution in [0.1, 0.15) is 82.1 Å². The third kappa shape index (κ3) is 20.3. The predicted octanol–water partition coefficient (Wildman–Crippen LogP) is 7.87. The number of carboxylic acids is 1. The topological polar surface area (TPSA) is 203 Å². The van der Waals surface area contributed by atoms with Crippen LogP contribution in [0.25, 0.3) is 0 Å². The van der Waals surface area contributed by atoms with Crippen molar-refractivity contribution in [2.75, 3.05) is 46.9 Å². The van der Waals surface area contributed by atoms with Gasteiger partial charge in [-0.1, -0.05) is 95.5 Å². The van der Waals surface area contributed by atoms with Crippen LogP contribution < -0.4 is 10.6 Å². The van der Waals surface area contributed by atoms with Crippen molar-refractivity contribution in [2.45, 2.75) is 118 Å². The Labute approximate surface area is 422 Å². The second-order valence-corrected chi connectivity index (χ2v) is 24.7. The molecule has 1 heterocycles. The standard InChI is InChI=1S/C25H34Cl2N2O5S.C23H33ClN2O5S2/c1-25(2,13-7-10-18-8-5-4-6-9-18)28-16-20(30)17-29(3)35(33,34)24-21(26)14-19(15-22(24)27)11-12-23(31)32;1-23(2,12-7-10-18-8-5-4-6-9-18)25-15-20(28)16-26(3)33(29,30)21-14-19(22(24)32-21)11-13-31-17-27/h4-6,8-9,14-15,20,28,30H,7,10-13,16-17H2,1-3H3,(H,31,32);4-6,8-9,14,17,20,25,28H,7,10-13,15-16H2,1-3H3/t2*20-/m11/s1. The molecule has 0 aliphatic heterocycles. The number of nitrogens with one attached hydrogen (secondary N) is 2. The average Bonchev–Trinajstić information content (AvgIpc) is 3.65. The van der Waals surface area contributed by atoms with Crippen LogP contribution in [-0.4, -0.2) is 123 Å². The van der Waals surface area contributed by atoms with Gasteiger partial charge in [-0.15, -0.1) is 11.3 Å². The lowest BCUT2D eigenvalue weighted by atomic mass is 9.95. The van der Waals surface area contributed by atoms with E-state index in [1.54, 1.807) is 0 Å². The molecule has 3 aromatic carbocycles. The number of nitrogens with zero attached hydrogens (tertiary/aromatic N) is 2. The highest BCUT2D eigenvalue weighted by molar-refractivity contribution is 7.91. The van der Waals surface area contributed by atoms with Gasteiger partial charge < -0.3 is 30.7 Å². The van der Waals surface area contributed by atoms with Gasteiger partial charge in [0, 0.05) is 64.2 Å². The van der Waals surface area contributed by atoms with Gasteiger partial charge in [-0.3, -0.25) is 9.59 Å². The van der Waals surface area contributed by atoms with E-state index >= 15 is 0 Å². The zero-order chi connectivity index (χ0) is 50.7. The van der Waals surface area contributed by atoms with Gasteiger partial charge in [0.05, 0.1) is 33.2 Å². The summed E-state index contributed by atoms with van der Waals surface area (Å²) in [4.78, 5) is 20.8. The normalized spacial score (nSPS) is 13.2. The number of aliphatic hydroxyl groups is 2. The molecular formula is C48H67Cl3N4O10S3. The summed E-state index contributed by atoms with van der Waals surface area (Å²) >= 11 is 19.5. The maximum atomic E-state index is 13.1. The largest absolute Gasteiger partial charge is 0.481 e. The molecule has 0 aliphatic carbocycles. The summed E-state index contributed by atoms with van der Waals surface area (Å²) in [5.74, 6) is -0.976. The Kier molecular flexibility index (Phi) is 24.4. The number of sulfonamides is 2. The molecule has 0 spiro atoms. The fraction of sp³-hybridized carbons (Fsp3) is 0.500. The van der Waals surface area contributed by atoms with Gasteiger partial charge >= 0.3 is 5.97 Å². The molecule has 0 saturated carbocycles. The number of benzene rings is 3. The van der Waals surface area contributed by atoms with E-state index in [1.807, 2.05) is 36.4 Å². The van der Waals surface area contributed by atoms with E-state index in [4.69, 9.17) is 39.9 Å². The summed E-state index contributed by atoms with van der Waals surface area (Å²) in [6, 6.07) is 24.9. The minimum Gasteiger partial charge on any atom is -0.481 e. The molecule has 0 fully saturated rings. The molecule has 2 atom stereocenters. The number of carbonyl (C=O) groups is 2. The third-order valence-corrected chi connectivity index (χ3v) is 17.6. The molecule has 5 N–H and O–H groups in total. The Bertz CT molecular complexity index is 2390. The number of halogens is 3. The number of carbonyl (C=O) groups excluding carboxylic acids is 1. The molecule has 1 aromatic heterocycles. The highest BCUT2D eigenvalue weighted by Gasteiger charge is 2.30. The quantitative estimate of drug-likeness (QED) is 0.0261. The highest BCUT2D eigenvalue weighted by Crippen LogP contribution is 2.34. The lowest BCUT2D eigenvalue weighted by molar-refractivity contribution is -0.137. The summed E-state index contributed by atoms with van der Waals surface area (Å²) in [7, 11) is -5.08. The fourth-order valence-corrected chi connectivity index (χ4v) is 12.7. The number of hydrogen-bond donors (Lipinski definition) is 5. The van der Waals surface area contributed by atoms with Crippen LogP contribution in [0.3, 0.4) is 0 Å². The molecule has 0 amide bonds. The molecule has 0 saturated heterocycles. The number of aliphatic hydroxyl groups excluding tert-OH is 2. The monoisotopic (exact) mass is 1060 g/mol. The van der Waals surface area contributed by atoms with E-state index in [1.165, 1.54) is 43.4 Å². The maximum absolute atomic E-state index is 13.1. The molecule has 378 valence electrons. The number of rotatable bonds is 29. The molecular weight excluding hydrogens is 995 g/mol. The molecule has 0 radical (unpaired) electrons. The number of ether oxygens (including phenoxy) is 1. The van der Waals surface area contributed by atoms with Crippen LogP contribution in [0, 0.1) is 0 Å². The van der Waals surface area contributed by atoms with Crippen molar-refractivity contribution in [1.82, 2.24) is 19.2 Å². The zero-order valence-electron chi connectivity index (χ0n) is 39.6. The number of β-amino-alcohol motifs (C(OH)–C–C–N with tert-alkyl or cyclic N) is 2. The first kappa shape index (κ1) is 59.1. The van der Waals surface area contributed by atoms with Gasteiger partial charge in [0.1, 0.15) is 9.10 Å². The lowest BCUT2D eigenvalue weighted by Gasteiger charge is -2.29. The van der Waals surface area contributed by atoms with Crippen molar-refractivity contribution in [3.63, 3.8) is 0 Å². The van der Waals surface area contributed by atoms with E-state index < -0.39 is 38.2 Å². The van der Waals surface area contributed by atoms with E-state index in [-0.39, 0.29) is 75.9 Å². The minimum atomic E-state index is -4.08. The summed E-state index contributed by atoms with van der Waals surface area (Å²) in [6.45, 7) is 9.02. The van der Waals surface area contributed by atoms with Gasteiger partial charge in [0.2, 0.25) is 10.0 Å². The smallest absolute Gasteiger partial charge is 0.303 e. The van der Waals surface area contributed by atoms with Gasteiger partial charge in [-0.2, -0.15) is 8.61 Å². The molecule has 20 heteroatoms. The van der Waals surface area contributed by atoms with Crippen LogP contribution in [0.5, 0.6) is 0 Å². The third-order valence-electron chi connectivity index (χ3n) is 11.1. The van der Waals surface area contributed by atoms with Crippen molar-refractivity contribution in [3.8, 4) is 0 Å². The van der Waals surface area contributed by atoms with E-state index in [9.17, 15) is 36.6 Å². The Balaban J connectivity index is 0.000000361. The number of aliphatic carboxylic acids is 1.